The lowest BCUT2D eigenvalue weighted by molar-refractivity contribution is 0.297. The third-order valence-corrected chi connectivity index (χ3v) is 3.36. The summed E-state index contributed by atoms with van der Waals surface area (Å²) in [5.74, 6) is 1.47. The van der Waals surface area contributed by atoms with Crippen LogP contribution in [0.5, 0.6) is 5.75 Å². The summed E-state index contributed by atoms with van der Waals surface area (Å²) < 4.78 is 7.29. The number of rotatable bonds is 6. The maximum absolute atomic E-state index is 11.7. The highest BCUT2D eigenvalue weighted by Crippen LogP contribution is 2.38. The van der Waals surface area contributed by atoms with E-state index in [2.05, 4.69) is 5.10 Å². The highest BCUT2D eigenvalue weighted by molar-refractivity contribution is 5.20. The molecule has 1 aliphatic carbocycles. The Morgan fingerprint density at radius 1 is 1.26 bits per heavy atom. The fourth-order valence-corrected chi connectivity index (χ4v) is 2.15. The van der Waals surface area contributed by atoms with Crippen LogP contribution in [0.15, 0.2) is 41.2 Å². The van der Waals surface area contributed by atoms with Gasteiger partial charge in [0.1, 0.15) is 5.75 Å². The van der Waals surface area contributed by atoms with Gasteiger partial charge in [0, 0.05) is 30.6 Å². The van der Waals surface area contributed by atoms with Gasteiger partial charge in [0.25, 0.3) is 5.56 Å². The number of aromatic nitrogens is 2. The maximum atomic E-state index is 11.7. The Hall–Kier alpha value is -1.97. The Labute approximate surface area is 112 Å². The van der Waals surface area contributed by atoms with Crippen molar-refractivity contribution in [3.63, 3.8) is 0 Å². The van der Waals surface area contributed by atoms with Gasteiger partial charge in [-0.1, -0.05) is 18.2 Å². The Kier molecular flexibility index (Phi) is 3.40. The summed E-state index contributed by atoms with van der Waals surface area (Å²) in [7, 11) is 0. The first kappa shape index (κ1) is 12.1. The van der Waals surface area contributed by atoms with E-state index in [1.54, 1.807) is 10.7 Å². The molecule has 0 unspecified atom stereocenters. The van der Waals surface area contributed by atoms with Crippen molar-refractivity contribution in [3.05, 3.63) is 52.4 Å². The molecule has 1 saturated carbocycles. The molecule has 0 aliphatic heterocycles. The van der Waals surface area contributed by atoms with Crippen molar-refractivity contribution in [3.8, 4) is 5.75 Å². The molecule has 0 radical (unpaired) electrons. The molecule has 0 amide bonds. The molecule has 100 valence electrons. The van der Waals surface area contributed by atoms with Crippen molar-refractivity contribution in [2.24, 2.45) is 0 Å². The standard InChI is InChI=1S/C15H18N2O2/c18-15-11-14(12-7-8-12)16-17(15)9-4-10-19-13-5-2-1-3-6-13/h1-3,5-6,11-12,16H,4,7-10H2. The normalized spacial score (nSPS) is 14.5. The molecule has 1 fully saturated rings. The predicted octanol–water partition coefficient (Wildman–Crippen LogP) is 2.52. The SMILES string of the molecule is O=c1cc(C2CC2)[nH]n1CCCOc1ccccc1. The van der Waals surface area contributed by atoms with Crippen molar-refractivity contribution in [2.45, 2.75) is 31.7 Å². The minimum Gasteiger partial charge on any atom is -0.494 e. The molecule has 1 aromatic carbocycles. The largest absolute Gasteiger partial charge is 0.494 e. The van der Waals surface area contributed by atoms with E-state index in [0.29, 0.717) is 19.1 Å². The number of nitrogens with one attached hydrogen (secondary N) is 1. The van der Waals surface area contributed by atoms with Crippen LogP contribution in [-0.2, 0) is 6.54 Å². The molecule has 1 N–H and O–H groups in total. The first-order valence-corrected chi connectivity index (χ1v) is 6.80. The summed E-state index contributed by atoms with van der Waals surface area (Å²) in [6, 6.07) is 11.5. The van der Waals surface area contributed by atoms with E-state index in [0.717, 1.165) is 17.9 Å². The molecule has 0 spiro atoms. The van der Waals surface area contributed by atoms with Gasteiger partial charge in [-0.05, 0) is 25.0 Å². The molecule has 1 aliphatic rings. The van der Waals surface area contributed by atoms with Gasteiger partial charge in [-0.3, -0.25) is 14.6 Å². The topological polar surface area (TPSA) is 47.0 Å². The van der Waals surface area contributed by atoms with Crippen LogP contribution in [0.1, 0.15) is 30.9 Å². The molecule has 0 bridgehead atoms. The van der Waals surface area contributed by atoms with Gasteiger partial charge in [-0.15, -0.1) is 0 Å². The first-order valence-electron chi connectivity index (χ1n) is 6.80. The Bertz CT molecular complexity index is 582. The first-order chi connectivity index (χ1) is 9.33. The third-order valence-electron chi connectivity index (χ3n) is 3.36. The zero-order valence-electron chi connectivity index (χ0n) is 10.8. The van der Waals surface area contributed by atoms with E-state index in [9.17, 15) is 4.79 Å². The van der Waals surface area contributed by atoms with Gasteiger partial charge in [0.2, 0.25) is 0 Å². The van der Waals surface area contributed by atoms with Gasteiger partial charge in [-0.2, -0.15) is 0 Å². The summed E-state index contributed by atoms with van der Waals surface area (Å²) in [6.07, 6.45) is 3.23. The second-order valence-electron chi connectivity index (χ2n) is 4.99. The molecule has 1 aromatic heterocycles. The lowest BCUT2D eigenvalue weighted by Crippen LogP contribution is -2.17. The van der Waals surface area contributed by atoms with Crippen LogP contribution in [0.3, 0.4) is 0 Å². The van der Waals surface area contributed by atoms with Gasteiger partial charge in [0.05, 0.1) is 6.61 Å². The van der Waals surface area contributed by atoms with Crippen LogP contribution in [0.4, 0.5) is 0 Å². The number of hydrogen-bond acceptors (Lipinski definition) is 2. The Balaban J connectivity index is 1.48. The average Bonchev–Trinajstić information content (AvgIpc) is 3.21. The maximum Gasteiger partial charge on any atom is 0.266 e. The third kappa shape index (κ3) is 3.08. The molecule has 0 saturated heterocycles. The minimum atomic E-state index is 0.0709. The number of benzene rings is 1. The second kappa shape index (κ2) is 5.34. The van der Waals surface area contributed by atoms with Gasteiger partial charge >= 0.3 is 0 Å². The highest BCUT2D eigenvalue weighted by atomic mass is 16.5. The molecule has 0 atom stereocenters. The highest BCUT2D eigenvalue weighted by Gasteiger charge is 2.25. The van der Waals surface area contributed by atoms with Gasteiger partial charge in [-0.25, -0.2) is 0 Å². The fourth-order valence-electron chi connectivity index (χ4n) is 2.15. The number of ether oxygens (including phenoxy) is 1. The quantitative estimate of drug-likeness (QED) is 0.809. The number of para-hydroxylation sites is 1. The summed E-state index contributed by atoms with van der Waals surface area (Å²) in [4.78, 5) is 11.7. The molecular weight excluding hydrogens is 240 g/mol. The average molecular weight is 258 g/mol. The van der Waals surface area contributed by atoms with Crippen LogP contribution in [0, 0.1) is 0 Å². The summed E-state index contributed by atoms with van der Waals surface area (Å²) in [5, 5.41) is 3.19. The van der Waals surface area contributed by atoms with E-state index in [1.807, 2.05) is 30.3 Å². The van der Waals surface area contributed by atoms with Crippen LogP contribution in [0.2, 0.25) is 0 Å². The lowest BCUT2D eigenvalue weighted by atomic mass is 10.3. The van der Waals surface area contributed by atoms with E-state index >= 15 is 0 Å². The molecule has 3 rings (SSSR count). The molecular formula is C15H18N2O2. The van der Waals surface area contributed by atoms with E-state index < -0.39 is 0 Å². The van der Waals surface area contributed by atoms with E-state index in [1.165, 1.54) is 12.8 Å². The second-order valence-corrected chi connectivity index (χ2v) is 4.99. The monoisotopic (exact) mass is 258 g/mol. The smallest absolute Gasteiger partial charge is 0.266 e. The van der Waals surface area contributed by atoms with Crippen LogP contribution in [0.25, 0.3) is 0 Å². The number of aromatic amines is 1. The zero-order valence-corrected chi connectivity index (χ0v) is 10.8. The van der Waals surface area contributed by atoms with Gasteiger partial charge < -0.3 is 4.74 Å². The molecule has 2 aromatic rings. The van der Waals surface area contributed by atoms with Crippen LogP contribution >= 0.6 is 0 Å². The van der Waals surface area contributed by atoms with E-state index in [-0.39, 0.29) is 5.56 Å². The summed E-state index contributed by atoms with van der Waals surface area (Å²) in [6.45, 7) is 1.30. The lowest BCUT2D eigenvalue weighted by Gasteiger charge is -2.06. The number of H-pyrrole nitrogens is 1. The van der Waals surface area contributed by atoms with Gasteiger partial charge in [0.15, 0.2) is 0 Å². The Morgan fingerprint density at radius 3 is 2.79 bits per heavy atom. The molecule has 4 nitrogen and oxygen atoms in total. The predicted molar refractivity (Wildman–Crippen MR) is 73.6 cm³/mol. The zero-order chi connectivity index (χ0) is 13.1. The van der Waals surface area contributed by atoms with Crippen molar-refractivity contribution in [2.75, 3.05) is 6.61 Å². The Morgan fingerprint density at radius 2 is 2.05 bits per heavy atom. The molecule has 4 heteroatoms. The van der Waals surface area contributed by atoms with Crippen LogP contribution < -0.4 is 10.3 Å². The van der Waals surface area contributed by atoms with E-state index in [4.69, 9.17) is 4.74 Å². The van der Waals surface area contributed by atoms with Crippen LogP contribution in [-0.4, -0.2) is 16.4 Å². The van der Waals surface area contributed by atoms with Crippen molar-refractivity contribution in [1.29, 1.82) is 0 Å². The fraction of sp³-hybridized carbons (Fsp3) is 0.400. The molecule has 19 heavy (non-hydrogen) atoms. The van der Waals surface area contributed by atoms with Crippen molar-refractivity contribution < 1.29 is 4.74 Å². The number of nitrogens with zero attached hydrogens (tertiary/aromatic N) is 1. The van der Waals surface area contributed by atoms with Crippen molar-refractivity contribution in [1.82, 2.24) is 9.78 Å². The summed E-state index contributed by atoms with van der Waals surface area (Å²) in [5.41, 5.74) is 1.16. The number of hydrogen-bond donors (Lipinski definition) is 1. The summed E-state index contributed by atoms with van der Waals surface area (Å²) >= 11 is 0. The molecule has 1 heterocycles. The minimum absolute atomic E-state index is 0.0709. The van der Waals surface area contributed by atoms with Crippen molar-refractivity contribution >= 4 is 0 Å². The number of aryl methyl sites for hydroxylation is 1.